The summed E-state index contributed by atoms with van der Waals surface area (Å²) >= 11 is 6.10. The van der Waals surface area contributed by atoms with E-state index < -0.39 is 0 Å². The monoisotopic (exact) mass is 335 g/mol. The topological polar surface area (TPSA) is 39.5 Å². The SMILES string of the molecule is COc1ccc([C@@H]2CCCN2Cc2ncc(Cl)n2C)c(OC)c1. The van der Waals surface area contributed by atoms with Gasteiger partial charge in [0, 0.05) is 24.7 Å². The summed E-state index contributed by atoms with van der Waals surface area (Å²) in [5.41, 5.74) is 1.20. The lowest BCUT2D eigenvalue weighted by molar-refractivity contribution is 0.234. The highest BCUT2D eigenvalue weighted by atomic mass is 35.5. The molecule has 5 nitrogen and oxygen atoms in total. The van der Waals surface area contributed by atoms with E-state index in [2.05, 4.69) is 16.0 Å². The van der Waals surface area contributed by atoms with E-state index in [0.29, 0.717) is 11.2 Å². The van der Waals surface area contributed by atoms with Crippen LogP contribution in [0.1, 0.15) is 30.3 Å². The van der Waals surface area contributed by atoms with Crippen LogP contribution in [0.4, 0.5) is 0 Å². The van der Waals surface area contributed by atoms with Crippen molar-refractivity contribution in [2.75, 3.05) is 20.8 Å². The van der Waals surface area contributed by atoms with Crippen LogP contribution in [-0.2, 0) is 13.6 Å². The lowest BCUT2D eigenvalue weighted by atomic mass is 10.0. The van der Waals surface area contributed by atoms with E-state index in [9.17, 15) is 0 Å². The van der Waals surface area contributed by atoms with Gasteiger partial charge in [-0.1, -0.05) is 17.7 Å². The van der Waals surface area contributed by atoms with E-state index in [1.807, 2.05) is 23.7 Å². The molecule has 2 heterocycles. The third-order valence-corrected chi connectivity index (χ3v) is 4.89. The van der Waals surface area contributed by atoms with E-state index in [1.165, 1.54) is 5.56 Å². The maximum atomic E-state index is 6.10. The fraction of sp³-hybridized carbons (Fsp3) is 0.471. The average molecular weight is 336 g/mol. The van der Waals surface area contributed by atoms with Crippen LogP contribution in [0.5, 0.6) is 11.5 Å². The van der Waals surface area contributed by atoms with E-state index >= 15 is 0 Å². The Hall–Kier alpha value is -1.72. The Labute approximate surface area is 141 Å². The lowest BCUT2D eigenvalue weighted by Gasteiger charge is -2.26. The molecule has 1 aromatic carbocycles. The number of halogens is 1. The molecule has 0 aliphatic carbocycles. The highest BCUT2D eigenvalue weighted by Crippen LogP contribution is 2.39. The molecule has 0 amide bonds. The molecule has 3 rings (SSSR count). The first-order chi connectivity index (χ1) is 11.1. The zero-order valence-corrected chi connectivity index (χ0v) is 14.5. The molecule has 1 atom stereocenters. The second-order valence-electron chi connectivity index (χ2n) is 5.79. The summed E-state index contributed by atoms with van der Waals surface area (Å²) in [7, 11) is 5.32. The molecule has 2 aromatic rings. The molecule has 0 spiro atoms. The van der Waals surface area contributed by atoms with Crippen molar-refractivity contribution in [3.8, 4) is 11.5 Å². The Morgan fingerprint density at radius 2 is 2.13 bits per heavy atom. The van der Waals surface area contributed by atoms with Gasteiger partial charge in [0.2, 0.25) is 0 Å². The second kappa shape index (κ2) is 6.81. The standard InChI is InChI=1S/C17H22ClN3O2/c1-20-16(18)10-19-17(20)11-21-8-4-5-14(21)13-7-6-12(22-2)9-15(13)23-3/h6-7,9-10,14H,4-5,8,11H2,1-3H3/t14-/m0/s1. The third kappa shape index (κ3) is 3.16. The number of hydrogen-bond donors (Lipinski definition) is 0. The number of hydrogen-bond acceptors (Lipinski definition) is 4. The van der Waals surface area contributed by atoms with Crippen molar-refractivity contribution in [3.63, 3.8) is 0 Å². The number of benzene rings is 1. The molecule has 1 aliphatic heterocycles. The number of likely N-dealkylation sites (tertiary alicyclic amines) is 1. The van der Waals surface area contributed by atoms with Crippen molar-refractivity contribution >= 4 is 11.6 Å². The minimum atomic E-state index is 0.325. The number of rotatable bonds is 5. The first-order valence-electron chi connectivity index (χ1n) is 7.76. The van der Waals surface area contributed by atoms with Crippen LogP contribution in [0.15, 0.2) is 24.4 Å². The Morgan fingerprint density at radius 3 is 2.78 bits per heavy atom. The van der Waals surface area contributed by atoms with E-state index in [0.717, 1.165) is 43.3 Å². The predicted molar refractivity (Wildman–Crippen MR) is 90.1 cm³/mol. The van der Waals surface area contributed by atoms with Crippen molar-refractivity contribution < 1.29 is 9.47 Å². The van der Waals surface area contributed by atoms with Crippen LogP contribution >= 0.6 is 11.6 Å². The molecule has 0 bridgehead atoms. The maximum Gasteiger partial charge on any atom is 0.128 e. The molecule has 0 saturated carbocycles. The van der Waals surface area contributed by atoms with Gasteiger partial charge in [-0.25, -0.2) is 4.98 Å². The zero-order chi connectivity index (χ0) is 16.4. The Balaban J connectivity index is 1.85. The maximum absolute atomic E-state index is 6.10. The van der Waals surface area contributed by atoms with Crippen LogP contribution in [0.25, 0.3) is 0 Å². The number of nitrogens with zero attached hydrogens (tertiary/aromatic N) is 3. The van der Waals surface area contributed by atoms with Gasteiger partial charge in [0.15, 0.2) is 0 Å². The summed E-state index contributed by atoms with van der Waals surface area (Å²) in [5, 5.41) is 0.665. The average Bonchev–Trinajstić information content (AvgIpc) is 3.16. The molecule has 124 valence electrons. The summed E-state index contributed by atoms with van der Waals surface area (Å²) in [6.45, 7) is 1.83. The molecule has 6 heteroatoms. The highest BCUT2D eigenvalue weighted by Gasteiger charge is 2.29. The molecule has 1 aromatic heterocycles. The van der Waals surface area contributed by atoms with Crippen molar-refractivity contribution in [2.24, 2.45) is 7.05 Å². The van der Waals surface area contributed by atoms with Crippen LogP contribution in [-0.4, -0.2) is 35.2 Å². The summed E-state index contributed by atoms with van der Waals surface area (Å²) in [6, 6.07) is 6.37. The van der Waals surface area contributed by atoms with Crippen LogP contribution in [0, 0.1) is 0 Å². The van der Waals surface area contributed by atoms with E-state index in [-0.39, 0.29) is 0 Å². The third-order valence-electron chi connectivity index (χ3n) is 4.54. The normalized spacial score (nSPS) is 18.3. The van der Waals surface area contributed by atoms with Crippen molar-refractivity contribution in [1.29, 1.82) is 0 Å². The van der Waals surface area contributed by atoms with Gasteiger partial charge in [0.25, 0.3) is 0 Å². The van der Waals surface area contributed by atoms with Crippen LogP contribution in [0.3, 0.4) is 0 Å². The highest BCUT2D eigenvalue weighted by molar-refractivity contribution is 6.29. The summed E-state index contributed by atoms with van der Waals surface area (Å²) in [6.07, 6.45) is 3.98. The molecule has 23 heavy (non-hydrogen) atoms. The van der Waals surface area contributed by atoms with Gasteiger partial charge in [-0.15, -0.1) is 0 Å². The Morgan fingerprint density at radius 1 is 1.30 bits per heavy atom. The quantitative estimate of drug-likeness (QED) is 0.839. The number of imidazole rings is 1. The largest absolute Gasteiger partial charge is 0.497 e. The summed E-state index contributed by atoms with van der Waals surface area (Å²) < 4.78 is 12.8. The van der Waals surface area contributed by atoms with Crippen molar-refractivity contribution in [2.45, 2.75) is 25.4 Å². The van der Waals surface area contributed by atoms with Gasteiger partial charge in [0.05, 0.1) is 27.0 Å². The minimum absolute atomic E-state index is 0.325. The fourth-order valence-corrected chi connectivity index (χ4v) is 3.36. The molecular weight excluding hydrogens is 314 g/mol. The van der Waals surface area contributed by atoms with Gasteiger partial charge in [-0.2, -0.15) is 0 Å². The fourth-order valence-electron chi connectivity index (χ4n) is 3.21. The van der Waals surface area contributed by atoms with Crippen LogP contribution < -0.4 is 9.47 Å². The summed E-state index contributed by atoms with van der Waals surface area (Å²) in [4.78, 5) is 6.85. The Kier molecular flexibility index (Phi) is 4.78. The molecule has 1 aliphatic rings. The molecule has 0 radical (unpaired) electrons. The minimum Gasteiger partial charge on any atom is -0.497 e. The predicted octanol–water partition coefficient (Wildman–Crippen LogP) is 3.43. The van der Waals surface area contributed by atoms with Gasteiger partial charge in [0.1, 0.15) is 22.5 Å². The van der Waals surface area contributed by atoms with Gasteiger partial charge in [-0.3, -0.25) is 4.90 Å². The number of ether oxygens (including phenoxy) is 2. The van der Waals surface area contributed by atoms with E-state index in [1.54, 1.807) is 20.4 Å². The molecule has 1 saturated heterocycles. The first-order valence-corrected chi connectivity index (χ1v) is 8.14. The number of methoxy groups -OCH3 is 2. The van der Waals surface area contributed by atoms with E-state index in [4.69, 9.17) is 21.1 Å². The smallest absolute Gasteiger partial charge is 0.128 e. The first kappa shape index (κ1) is 16.1. The summed E-state index contributed by atoms with van der Waals surface area (Å²) in [5.74, 6) is 2.67. The van der Waals surface area contributed by atoms with Gasteiger partial charge >= 0.3 is 0 Å². The number of aromatic nitrogens is 2. The molecule has 0 unspecified atom stereocenters. The Bertz CT molecular complexity index is 686. The van der Waals surface area contributed by atoms with Crippen molar-refractivity contribution in [1.82, 2.24) is 14.5 Å². The lowest BCUT2D eigenvalue weighted by Crippen LogP contribution is -2.24. The van der Waals surface area contributed by atoms with Gasteiger partial charge in [-0.05, 0) is 25.5 Å². The van der Waals surface area contributed by atoms with Crippen LogP contribution in [0.2, 0.25) is 5.15 Å². The molecular formula is C17H22ClN3O2. The molecule has 0 N–H and O–H groups in total. The van der Waals surface area contributed by atoms with Gasteiger partial charge < -0.3 is 14.0 Å². The molecule has 1 fully saturated rings. The van der Waals surface area contributed by atoms with Crippen molar-refractivity contribution in [3.05, 3.63) is 40.9 Å². The second-order valence-corrected chi connectivity index (χ2v) is 6.18. The zero-order valence-electron chi connectivity index (χ0n) is 13.8.